The molecule has 0 bridgehead atoms. The van der Waals surface area contributed by atoms with Crippen LogP contribution in [0.4, 0.5) is 0 Å². The van der Waals surface area contributed by atoms with Crippen LogP contribution in [0.1, 0.15) is 28.2 Å². The number of hydrogen-bond donors (Lipinski definition) is 0. The molecule has 0 aliphatic carbocycles. The Kier molecular flexibility index (Phi) is 5.11. The first-order valence-electron chi connectivity index (χ1n) is 2.17. The summed E-state index contributed by atoms with van der Waals surface area (Å²) in [5.74, 6) is 0. The maximum atomic E-state index is 2.23. The Balaban J connectivity index is 0. The molecule has 7 heavy (non-hydrogen) atoms. The normalized spacial score (nSPS) is 12.0. The van der Waals surface area contributed by atoms with E-state index in [0.717, 1.165) is 0 Å². The molecular formula is C6H16P. The van der Waals surface area contributed by atoms with Crippen LogP contribution in [0.2, 0.25) is 0 Å². The highest BCUT2D eigenvalue weighted by Gasteiger charge is 2.04. The zero-order chi connectivity index (χ0) is 5.21. The van der Waals surface area contributed by atoms with Crippen LogP contribution in [0.5, 0.6) is 0 Å². The van der Waals surface area contributed by atoms with Crippen LogP contribution in [0, 0.1) is 0 Å². The molecule has 0 aliphatic rings. The first-order valence-corrected chi connectivity index (χ1v) is 3.51. The smallest absolute Gasteiger partial charge is 0.0143 e. The lowest BCUT2D eigenvalue weighted by Gasteiger charge is -2.11. The van der Waals surface area contributed by atoms with Crippen LogP contribution < -0.4 is 0 Å². The van der Waals surface area contributed by atoms with Gasteiger partial charge in [0.05, 0.1) is 0 Å². The molecule has 0 aromatic heterocycles. The van der Waals surface area contributed by atoms with Gasteiger partial charge in [-0.1, -0.05) is 36.8 Å². The summed E-state index contributed by atoms with van der Waals surface area (Å²) in [6.45, 7) is 8.87. The van der Waals surface area contributed by atoms with E-state index in [9.17, 15) is 0 Å². The standard InChI is InChI=1S/C5H12P.CH4/c1-5(2,3)6-4;/h1-4H3;1H4. The van der Waals surface area contributed by atoms with Gasteiger partial charge in [0.1, 0.15) is 0 Å². The largest absolute Gasteiger partial charge is 0.0784 e. The van der Waals surface area contributed by atoms with Gasteiger partial charge in [-0.05, 0) is 11.8 Å². The minimum atomic E-state index is 0. The summed E-state index contributed by atoms with van der Waals surface area (Å²) in [5, 5.41) is 0.514. The molecule has 1 radical (unpaired) electrons. The van der Waals surface area contributed by atoms with Crippen molar-refractivity contribution in [3.05, 3.63) is 0 Å². The van der Waals surface area contributed by atoms with Crippen molar-refractivity contribution in [3.63, 3.8) is 0 Å². The van der Waals surface area contributed by atoms with Crippen LogP contribution >= 0.6 is 8.58 Å². The van der Waals surface area contributed by atoms with Crippen molar-refractivity contribution in [3.8, 4) is 0 Å². The molecule has 0 unspecified atom stereocenters. The highest BCUT2D eigenvalue weighted by Crippen LogP contribution is 2.25. The molecular weight excluding hydrogens is 103 g/mol. The van der Waals surface area contributed by atoms with Gasteiger partial charge in [-0.25, -0.2) is 0 Å². The van der Waals surface area contributed by atoms with Crippen molar-refractivity contribution < 1.29 is 0 Å². The minimum absolute atomic E-state index is 0. The van der Waals surface area contributed by atoms with Crippen molar-refractivity contribution in [1.82, 2.24) is 0 Å². The molecule has 45 valence electrons. The van der Waals surface area contributed by atoms with Gasteiger partial charge in [0.25, 0.3) is 0 Å². The zero-order valence-electron chi connectivity index (χ0n) is 4.95. The Morgan fingerprint density at radius 3 is 1.29 bits per heavy atom. The Morgan fingerprint density at radius 1 is 1.14 bits per heavy atom. The minimum Gasteiger partial charge on any atom is -0.0784 e. The third kappa shape index (κ3) is 10.7. The molecule has 0 aliphatic heterocycles. The fourth-order valence-corrected chi connectivity index (χ4v) is 0. The predicted molar refractivity (Wildman–Crippen MR) is 39.3 cm³/mol. The summed E-state index contributed by atoms with van der Waals surface area (Å²) < 4.78 is 0. The Labute approximate surface area is 49.5 Å². The van der Waals surface area contributed by atoms with Crippen molar-refractivity contribution in [1.29, 1.82) is 0 Å². The molecule has 0 aromatic carbocycles. The van der Waals surface area contributed by atoms with Gasteiger partial charge in [0, 0.05) is 0 Å². The Hall–Kier alpha value is 0.430. The molecule has 0 nitrogen and oxygen atoms in total. The lowest BCUT2D eigenvalue weighted by molar-refractivity contribution is 0.797. The quantitative estimate of drug-likeness (QED) is 0.430. The van der Waals surface area contributed by atoms with E-state index < -0.39 is 0 Å². The van der Waals surface area contributed by atoms with E-state index in [0.29, 0.717) is 5.16 Å². The van der Waals surface area contributed by atoms with Crippen LogP contribution in [-0.4, -0.2) is 11.8 Å². The summed E-state index contributed by atoms with van der Waals surface area (Å²) in [7, 11) is 1.47. The molecule has 0 saturated carbocycles. The second-order valence-corrected chi connectivity index (χ2v) is 4.18. The molecule has 0 fully saturated rings. The lowest BCUT2D eigenvalue weighted by Crippen LogP contribution is -2.02. The Morgan fingerprint density at radius 2 is 1.29 bits per heavy atom. The van der Waals surface area contributed by atoms with Gasteiger partial charge in [-0.15, -0.1) is 0 Å². The highest BCUT2D eigenvalue weighted by molar-refractivity contribution is 7.38. The molecule has 0 aromatic rings. The van der Waals surface area contributed by atoms with E-state index in [1.54, 1.807) is 0 Å². The predicted octanol–water partition coefficient (Wildman–Crippen LogP) is 3.00. The van der Waals surface area contributed by atoms with Crippen LogP contribution in [-0.2, 0) is 0 Å². The molecule has 0 atom stereocenters. The molecule has 0 spiro atoms. The van der Waals surface area contributed by atoms with E-state index >= 15 is 0 Å². The molecule has 0 saturated heterocycles. The maximum Gasteiger partial charge on any atom is -0.0143 e. The Bertz CT molecular complexity index is 33.9. The van der Waals surface area contributed by atoms with Crippen LogP contribution in [0.3, 0.4) is 0 Å². The fraction of sp³-hybridized carbons (Fsp3) is 1.00. The topological polar surface area (TPSA) is 0 Å². The van der Waals surface area contributed by atoms with Crippen molar-refractivity contribution >= 4 is 8.58 Å². The molecule has 0 rings (SSSR count). The van der Waals surface area contributed by atoms with Crippen LogP contribution in [0.15, 0.2) is 0 Å². The maximum absolute atomic E-state index is 2.23. The van der Waals surface area contributed by atoms with Gasteiger partial charge >= 0.3 is 0 Å². The van der Waals surface area contributed by atoms with E-state index in [2.05, 4.69) is 27.4 Å². The van der Waals surface area contributed by atoms with Crippen molar-refractivity contribution in [2.75, 3.05) is 6.66 Å². The van der Waals surface area contributed by atoms with Gasteiger partial charge in [0.15, 0.2) is 0 Å². The first kappa shape index (κ1) is 10.4. The SMILES string of the molecule is C.C[P]C(C)(C)C. The number of hydrogen-bond acceptors (Lipinski definition) is 0. The summed E-state index contributed by atoms with van der Waals surface area (Å²) in [6, 6.07) is 0. The van der Waals surface area contributed by atoms with Gasteiger partial charge in [-0.2, -0.15) is 0 Å². The van der Waals surface area contributed by atoms with E-state index in [1.165, 1.54) is 8.58 Å². The van der Waals surface area contributed by atoms with E-state index in [-0.39, 0.29) is 7.43 Å². The lowest BCUT2D eigenvalue weighted by atomic mass is 10.3. The van der Waals surface area contributed by atoms with Crippen molar-refractivity contribution in [2.45, 2.75) is 33.4 Å². The molecule has 0 amide bonds. The number of rotatable bonds is 0. The summed E-state index contributed by atoms with van der Waals surface area (Å²) in [4.78, 5) is 0. The average molecular weight is 119 g/mol. The third-order valence-corrected chi connectivity index (χ3v) is 2.01. The van der Waals surface area contributed by atoms with Gasteiger partial charge in [-0.3, -0.25) is 0 Å². The van der Waals surface area contributed by atoms with Crippen LogP contribution in [0.25, 0.3) is 0 Å². The van der Waals surface area contributed by atoms with Gasteiger partial charge < -0.3 is 0 Å². The van der Waals surface area contributed by atoms with E-state index in [1.807, 2.05) is 0 Å². The monoisotopic (exact) mass is 119 g/mol. The summed E-state index contributed by atoms with van der Waals surface area (Å²) >= 11 is 0. The second-order valence-electron chi connectivity index (χ2n) is 2.39. The summed E-state index contributed by atoms with van der Waals surface area (Å²) in [5.41, 5.74) is 0. The fourth-order valence-electron chi connectivity index (χ4n) is 0. The second kappa shape index (κ2) is 3.43. The van der Waals surface area contributed by atoms with Gasteiger partial charge in [0.2, 0.25) is 0 Å². The first-order chi connectivity index (χ1) is 2.56. The highest BCUT2D eigenvalue weighted by atomic mass is 31.1. The third-order valence-electron chi connectivity index (χ3n) is 0.671. The molecule has 0 N–H and O–H groups in total. The zero-order valence-corrected chi connectivity index (χ0v) is 5.84. The van der Waals surface area contributed by atoms with E-state index in [4.69, 9.17) is 0 Å². The summed E-state index contributed by atoms with van der Waals surface area (Å²) in [6.07, 6.45) is 0. The van der Waals surface area contributed by atoms with Crippen molar-refractivity contribution in [2.24, 2.45) is 0 Å². The molecule has 1 heteroatoms. The molecule has 0 heterocycles. The average Bonchev–Trinajstić information content (AvgIpc) is 1.35.